The van der Waals surface area contributed by atoms with Crippen molar-refractivity contribution < 1.29 is 19.2 Å². The lowest BCUT2D eigenvalue weighted by Crippen LogP contribution is -2.27. The summed E-state index contributed by atoms with van der Waals surface area (Å²) in [6.45, 7) is 0. The Bertz CT molecular complexity index is 1170. The molecule has 0 radical (unpaired) electrons. The van der Waals surface area contributed by atoms with Crippen LogP contribution in [-0.4, -0.2) is 29.6 Å². The topological polar surface area (TPSA) is 102 Å². The standard InChI is InChI=1S/C23H19N3O5S/c1-31-20-11-9-18(10-12-20)25-21(27)14-32-23(25)16-3-2-4-17(13-16)24-22(28)15-5-7-19(8-6-15)26(29)30/h2-13,23H,14H2,1H3,(H,24,28)/t23-/m1/s1. The molecule has 0 aliphatic carbocycles. The minimum atomic E-state index is -0.514. The molecule has 9 heteroatoms. The van der Waals surface area contributed by atoms with Crippen molar-refractivity contribution in [3.8, 4) is 5.75 Å². The molecule has 4 rings (SSSR count). The van der Waals surface area contributed by atoms with Crippen LogP contribution in [0.3, 0.4) is 0 Å². The number of carbonyl (C=O) groups excluding carboxylic acids is 2. The number of carbonyl (C=O) groups is 2. The van der Waals surface area contributed by atoms with Crippen molar-refractivity contribution in [2.45, 2.75) is 5.37 Å². The van der Waals surface area contributed by atoms with Crippen LogP contribution in [0.4, 0.5) is 17.1 Å². The van der Waals surface area contributed by atoms with Crippen LogP contribution in [0.5, 0.6) is 5.75 Å². The minimum Gasteiger partial charge on any atom is -0.497 e. The van der Waals surface area contributed by atoms with Gasteiger partial charge in [0.15, 0.2) is 0 Å². The Morgan fingerprint density at radius 3 is 2.50 bits per heavy atom. The highest BCUT2D eigenvalue weighted by Gasteiger charge is 2.34. The van der Waals surface area contributed by atoms with E-state index in [1.165, 1.54) is 36.0 Å². The maximum atomic E-state index is 12.6. The summed E-state index contributed by atoms with van der Waals surface area (Å²) in [5, 5.41) is 13.4. The normalized spacial score (nSPS) is 15.5. The fraction of sp³-hybridized carbons (Fsp3) is 0.130. The average molecular weight is 449 g/mol. The third-order valence-electron chi connectivity index (χ3n) is 4.99. The molecule has 3 aromatic carbocycles. The predicted molar refractivity (Wildman–Crippen MR) is 123 cm³/mol. The van der Waals surface area contributed by atoms with Crippen LogP contribution in [0.2, 0.25) is 0 Å². The van der Waals surface area contributed by atoms with Crippen molar-refractivity contribution in [3.05, 3.63) is 94.0 Å². The number of amides is 2. The van der Waals surface area contributed by atoms with Crippen LogP contribution in [0.25, 0.3) is 0 Å². The molecule has 2 amide bonds. The second kappa shape index (κ2) is 9.11. The largest absolute Gasteiger partial charge is 0.497 e. The van der Waals surface area contributed by atoms with E-state index in [-0.39, 0.29) is 22.9 Å². The van der Waals surface area contributed by atoms with Crippen molar-refractivity contribution in [1.82, 2.24) is 0 Å². The number of methoxy groups -OCH3 is 1. The summed E-state index contributed by atoms with van der Waals surface area (Å²) in [7, 11) is 1.59. The van der Waals surface area contributed by atoms with E-state index in [0.29, 0.717) is 22.8 Å². The van der Waals surface area contributed by atoms with Gasteiger partial charge in [0.05, 0.1) is 17.8 Å². The van der Waals surface area contributed by atoms with Gasteiger partial charge in [0.25, 0.3) is 11.6 Å². The Kier molecular flexibility index (Phi) is 6.09. The summed E-state index contributed by atoms with van der Waals surface area (Å²) < 4.78 is 5.20. The van der Waals surface area contributed by atoms with E-state index in [0.717, 1.165) is 11.3 Å². The van der Waals surface area contributed by atoms with E-state index >= 15 is 0 Å². The van der Waals surface area contributed by atoms with Gasteiger partial charge in [-0.2, -0.15) is 0 Å². The predicted octanol–water partition coefficient (Wildman–Crippen LogP) is 4.63. The summed E-state index contributed by atoms with van der Waals surface area (Å²) >= 11 is 1.51. The first-order valence-corrected chi connectivity index (χ1v) is 10.7. The van der Waals surface area contributed by atoms with Crippen molar-refractivity contribution in [3.63, 3.8) is 0 Å². The summed E-state index contributed by atoms with van der Waals surface area (Å²) in [6.07, 6.45) is 0. The summed E-state index contributed by atoms with van der Waals surface area (Å²) in [4.78, 5) is 37.2. The lowest BCUT2D eigenvalue weighted by molar-refractivity contribution is -0.384. The number of benzene rings is 3. The quantitative estimate of drug-likeness (QED) is 0.435. The lowest BCUT2D eigenvalue weighted by atomic mass is 10.1. The number of rotatable bonds is 6. The summed E-state index contributed by atoms with van der Waals surface area (Å²) in [5.74, 6) is 0.695. The number of nitro benzene ring substituents is 1. The number of nitrogens with one attached hydrogen (secondary N) is 1. The van der Waals surface area contributed by atoms with Gasteiger partial charge in [-0.25, -0.2) is 0 Å². The second-order valence-electron chi connectivity index (χ2n) is 7.01. The number of anilines is 2. The fourth-order valence-corrected chi connectivity index (χ4v) is 4.57. The molecule has 1 N–H and O–H groups in total. The Balaban J connectivity index is 1.54. The van der Waals surface area contributed by atoms with Crippen molar-refractivity contribution in [2.24, 2.45) is 0 Å². The van der Waals surface area contributed by atoms with Crippen molar-refractivity contribution in [1.29, 1.82) is 0 Å². The number of nitro groups is 1. The van der Waals surface area contributed by atoms with E-state index in [2.05, 4.69) is 5.32 Å². The minimum absolute atomic E-state index is 0.00508. The second-order valence-corrected chi connectivity index (χ2v) is 8.08. The molecule has 8 nitrogen and oxygen atoms in total. The Morgan fingerprint density at radius 2 is 1.84 bits per heavy atom. The highest BCUT2D eigenvalue weighted by Crippen LogP contribution is 2.42. The molecule has 0 spiro atoms. The first kappa shape index (κ1) is 21.4. The fourth-order valence-electron chi connectivity index (χ4n) is 3.40. The molecule has 1 aliphatic heterocycles. The van der Waals surface area contributed by atoms with Crippen molar-refractivity contribution >= 4 is 40.6 Å². The molecule has 162 valence electrons. The first-order valence-electron chi connectivity index (χ1n) is 9.70. The molecule has 0 unspecified atom stereocenters. The smallest absolute Gasteiger partial charge is 0.269 e. The third-order valence-corrected chi connectivity index (χ3v) is 6.20. The van der Waals surface area contributed by atoms with Crippen LogP contribution in [0.1, 0.15) is 21.3 Å². The van der Waals surface area contributed by atoms with E-state index < -0.39 is 4.92 Å². The van der Waals surface area contributed by atoms with Gasteiger partial charge >= 0.3 is 0 Å². The van der Waals surface area contributed by atoms with Crippen LogP contribution in [0.15, 0.2) is 72.8 Å². The number of nitrogens with zero attached hydrogens (tertiary/aromatic N) is 2. The van der Waals surface area contributed by atoms with Crippen molar-refractivity contribution in [2.75, 3.05) is 23.1 Å². The van der Waals surface area contributed by atoms with Gasteiger partial charge < -0.3 is 10.1 Å². The van der Waals surface area contributed by atoms with Gasteiger partial charge in [-0.1, -0.05) is 12.1 Å². The van der Waals surface area contributed by atoms with Crippen LogP contribution in [0, 0.1) is 10.1 Å². The highest BCUT2D eigenvalue weighted by atomic mass is 32.2. The summed E-state index contributed by atoms with van der Waals surface area (Å²) in [6, 6.07) is 20.0. The number of hydrogen-bond acceptors (Lipinski definition) is 6. The molecule has 0 aromatic heterocycles. The SMILES string of the molecule is COc1ccc(N2C(=O)CS[C@@H]2c2cccc(NC(=O)c3ccc([N+](=O)[O-])cc3)c2)cc1. The molecule has 1 aliphatic rings. The molecule has 0 saturated carbocycles. The zero-order valence-corrected chi connectivity index (χ0v) is 17.9. The molecule has 0 bridgehead atoms. The molecular weight excluding hydrogens is 430 g/mol. The zero-order valence-electron chi connectivity index (χ0n) is 17.1. The van der Waals surface area contributed by atoms with Gasteiger partial charge in [0.1, 0.15) is 11.1 Å². The maximum absolute atomic E-state index is 12.6. The molecule has 1 fully saturated rings. The number of non-ortho nitro benzene ring substituents is 1. The molecular formula is C23H19N3O5S. The number of ether oxygens (including phenoxy) is 1. The molecule has 1 saturated heterocycles. The van der Waals surface area contributed by atoms with Gasteiger partial charge in [-0.3, -0.25) is 24.6 Å². The third kappa shape index (κ3) is 4.42. The van der Waals surface area contributed by atoms with Gasteiger partial charge in [-0.05, 0) is 54.1 Å². The Morgan fingerprint density at radius 1 is 1.12 bits per heavy atom. The number of thioether (sulfide) groups is 1. The van der Waals surface area contributed by atoms with Gasteiger partial charge in [0, 0.05) is 29.1 Å². The van der Waals surface area contributed by atoms with E-state index in [1.54, 1.807) is 18.1 Å². The summed E-state index contributed by atoms with van der Waals surface area (Å²) in [5.41, 5.74) is 2.45. The monoisotopic (exact) mass is 449 g/mol. The molecule has 3 aromatic rings. The van der Waals surface area contributed by atoms with E-state index in [4.69, 9.17) is 4.74 Å². The van der Waals surface area contributed by atoms with Crippen LogP contribution >= 0.6 is 11.8 Å². The average Bonchev–Trinajstić information content (AvgIpc) is 3.20. The van der Waals surface area contributed by atoms with E-state index in [1.807, 2.05) is 42.5 Å². The Hall–Kier alpha value is -3.85. The molecule has 1 heterocycles. The number of hydrogen-bond donors (Lipinski definition) is 1. The highest BCUT2D eigenvalue weighted by molar-refractivity contribution is 8.00. The molecule has 1 atom stereocenters. The first-order chi connectivity index (χ1) is 15.5. The van der Waals surface area contributed by atoms with Crippen LogP contribution < -0.4 is 15.0 Å². The van der Waals surface area contributed by atoms with Gasteiger partial charge in [0.2, 0.25) is 5.91 Å². The Labute approximate surface area is 188 Å². The maximum Gasteiger partial charge on any atom is 0.269 e. The van der Waals surface area contributed by atoms with Gasteiger partial charge in [-0.15, -0.1) is 11.8 Å². The van der Waals surface area contributed by atoms with E-state index in [9.17, 15) is 19.7 Å². The zero-order chi connectivity index (χ0) is 22.7. The molecule has 32 heavy (non-hydrogen) atoms. The lowest BCUT2D eigenvalue weighted by Gasteiger charge is -2.25. The van der Waals surface area contributed by atoms with Crippen LogP contribution in [-0.2, 0) is 4.79 Å².